The fraction of sp³-hybridized carbons (Fsp3) is 0.241. The smallest absolute Gasteiger partial charge is 0.300 e. The van der Waals surface area contributed by atoms with Gasteiger partial charge in [0.15, 0.2) is 0 Å². The van der Waals surface area contributed by atoms with E-state index in [0.717, 1.165) is 16.7 Å². The highest BCUT2D eigenvalue weighted by molar-refractivity contribution is 6.51. The van der Waals surface area contributed by atoms with Crippen molar-refractivity contribution in [3.63, 3.8) is 0 Å². The van der Waals surface area contributed by atoms with Crippen molar-refractivity contribution in [2.75, 3.05) is 11.5 Å². The lowest BCUT2D eigenvalue weighted by Gasteiger charge is -2.26. The van der Waals surface area contributed by atoms with Gasteiger partial charge in [0.2, 0.25) is 0 Å². The number of carbonyl (C=O) groups is 2. The molecule has 1 fully saturated rings. The van der Waals surface area contributed by atoms with Crippen molar-refractivity contribution in [1.29, 1.82) is 0 Å². The van der Waals surface area contributed by atoms with E-state index in [9.17, 15) is 14.7 Å². The molecule has 0 spiro atoms. The maximum atomic E-state index is 13.3. The minimum absolute atomic E-state index is 0.0652. The summed E-state index contributed by atoms with van der Waals surface area (Å²) in [5.74, 6) is -0.645. The van der Waals surface area contributed by atoms with Crippen LogP contribution in [0, 0.1) is 19.8 Å². The summed E-state index contributed by atoms with van der Waals surface area (Å²) < 4.78 is 5.80. The highest BCUT2D eigenvalue weighted by Crippen LogP contribution is 2.42. The van der Waals surface area contributed by atoms with Crippen LogP contribution in [0.15, 0.2) is 78.4 Å². The Labute approximate surface area is 200 Å². The Morgan fingerprint density at radius 3 is 2.35 bits per heavy atom. The number of aliphatic hydroxyl groups excluding tert-OH is 1. The van der Waals surface area contributed by atoms with Gasteiger partial charge in [-0.1, -0.05) is 62.4 Å². The third-order valence-electron chi connectivity index (χ3n) is 6.02. The van der Waals surface area contributed by atoms with Crippen LogP contribution in [0.4, 0.5) is 5.69 Å². The third-order valence-corrected chi connectivity index (χ3v) is 6.02. The molecule has 1 aliphatic heterocycles. The molecule has 3 aromatic carbocycles. The lowest BCUT2D eigenvalue weighted by atomic mass is 9.95. The maximum Gasteiger partial charge on any atom is 0.300 e. The van der Waals surface area contributed by atoms with E-state index in [-0.39, 0.29) is 11.3 Å². The molecule has 5 nitrogen and oxygen atoms in total. The molecule has 1 heterocycles. The third kappa shape index (κ3) is 4.46. The van der Waals surface area contributed by atoms with E-state index in [4.69, 9.17) is 4.74 Å². The molecule has 3 aromatic rings. The molecule has 1 unspecified atom stereocenters. The summed E-state index contributed by atoms with van der Waals surface area (Å²) in [5, 5.41) is 11.3. The zero-order valence-corrected chi connectivity index (χ0v) is 19.9. The average molecular weight is 456 g/mol. The van der Waals surface area contributed by atoms with Crippen LogP contribution in [-0.4, -0.2) is 23.4 Å². The van der Waals surface area contributed by atoms with Crippen molar-refractivity contribution in [2.45, 2.75) is 33.7 Å². The normalized spacial score (nSPS) is 17.4. The Bertz CT molecular complexity index is 1260. The fourth-order valence-corrected chi connectivity index (χ4v) is 4.08. The predicted octanol–water partition coefficient (Wildman–Crippen LogP) is 5.96. The largest absolute Gasteiger partial charge is 0.507 e. The molecule has 4 rings (SSSR count). The molecule has 0 aromatic heterocycles. The van der Waals surface area contributed by atoms with Gasteiger partial charge in [-0.25, -0.2) is 0 Å². The van der Waals surface area contributed by atoms with Crippen LogP contribution in [0.25, 0.3) is 5.76 Å². The molecular weight excluding hydrogens is 426 g/mol. The summed E-state index contributed by atoms with van der Waals surface area (Å²) in [4.78, 5) is 28.1. The van der Waals surface area contributed by atoms with Crippen molar-refractivity contribution in [2.24, 2.45) is 5.92 Å². The number of aliphatic hydroxyl groups is 1. The summed E-state index contributed by atoms with van der Waals surface area (Å²) >= 11 is 0. The summed E-state index contributed by atoms with van der Waals surface area (Å²) in [7, 11) is 0. The monoisotopic (exact) mass is 455 g/mol. The molecule has 0 saturated carbocycles. The zero-order valence-electron chi connectivity index (χ0n) is 19.9. The van der Waals surface area contributed by atoms with E-state index < -0.39 is 17.7 Å². The van der Waals surface area contributed by atoms with Crippen molar-refractivity contribution in [3.8, 4) is 5.75 Å². The van der Waals surface area contributed by atoms with Crippen LogP contribution in [0.2, 0.25) is 0 Å². The summed E-state index contributed by atoms with van der Waals surface area (Å²) in [5.41, 5.74) is 3.97. The Morgan fingerprint density at radius 1 is 0.941 bits per heavy atom. The zero-order chi connectivity index (χ0) is 24.4. The number of rotatable bonds is 6. The van der Waals surface area contributed by atoms with E-state index >= 15 is 0 Å². The summed E-state index contributed by atoms with van der Waals surface area (Å²) in [6.07, 6.45) is 0. The van der Waals surface area contributed by atoms with Gasteiger partial charge in [-0.05, 0) is 60.7 Å². The Kier molecular flexibility index (Phi) is 6.55. The topological polar surface area (TPSA) is 66.8 Å². The van der Waals surface area contributed by atoms with Gasteiger partial charge in [0.25, 0.3) is 11.7 Å². The molecule has 0 aliphatic carbocycles. The second kappa shape index (κ2) is 9.56. The van der Waals surface area contributed by atoms with E-state index in [2.05, 4.69) is 13.8 Å². The van der Waals surface area contributed by atoms with Crippen molar-refractivity contribution >= 4 is 23.1 Å². The highest BCUT2D eigenvalue weighted by Gasteiger charge is 2.47. The van der Waals surface area contributed by atoms with Crippen molar-refractivity contribution in [3.05, 3.63) is 101 Å². The molecule has 5 heteroatoms. The minimum Gasteiger partial charge on any atom is -0.507 e. The van der Waals surface area contributed by atoms with Crippen LogP contribution >= 0.6 is 0 Å². The van der Waals surface area contributed by atoms with Gasteiger partial charge in [0.1, 0.15) is 11.5 Å². The molecule has 1 aliphatic rings. The van der Waals surface area contributed by atoms with Gasteiger partial charge < -0.3 is 9.84 Å². The van der Waals surface area contributed by atoms with Crippen LogP contribution in [-0.2, 0) is 9.59 Å². The predicted molar refractivity (Wildman–Crippen MR) is 134 cm³/mol. The van der Waals surface area contributed by atoms with E-state index in [0.29, 0.717) is 29.5 Å². The second-order valence-electron chi connectivity index (χ2n) is 9.08. The summed E-state index contributed by atoms with van der Waals surface area (Å²) in [6, 6.07) is 21.2. The standard InChI is InChI=1S/C29H29NO4/c1-18(2)17-34-24-12-8-11-22(16-24)27(31)25-26(21-9-6-5-7-10-21)30(29(33)28(25)32)23-14-13-19(3)20(4)15-23/h5-16,18,26,31H,17H2,1-4H3/b27-25+. The molecule has 1 atom stereocenters. The Morgan fingerprint density at radius 2 is 1.68 bits per heavy atom. The van der Waals surface area contributed by atoms with Crippen molar-refractivity contribution < 1.29 is 19.4 Å². The van der Waals surface area contributed by atoms with Gasteiger partial charge in [0, 0.05) is 11.3 Å². The molecule has 1 N–H and O–H groups in total. The van der Waals surface area contributed by atoms with Gasteiger partial charge >= 0.3 is 0 Å². The number of amides is 1. The fourth-order valence-electron chi connectivity index (χ4n) is 4.08. The summed E-state index contributed by atoms with van der Waals surface area (Å²) in [6.45, 7) is 8.60. The Hall–Kier alpha value is -3.86. The molecule has 0 radical (unpaired) electrons. The van der Waals surface area contributed by atoms with Crippen LogP contribution in [0.1, 0.15) is 42.1 Å². The molecular formula is C29H29NO4. The number of anilines is 1. The number of ether oxygens (including phenoxy) is 1. The van der Waals surface area contributed by atoms with Crippen molar-refractivity contribution in [1.82, 2.24) is 0 Å². The average Bonchev–Trinajstić information content (AvgIpc) is 3.10. The van der Waals surface area contributed by atoms with Crippen LogP contribution in [0.3, 0.4) is 0 Å². The first kappa shape index (κ1) is 23.3. The van der Waals surface area contributed by atoms with E-state index in [1.165, 1.54) is 4.90 Å². The number of Topliss-reactive ketones (excluding diaryl/α,β-unsaturated/α-hetero) is 1. The molecule has 174 valence electrons. The number of carbonyl (C=O) groups excluding carboxylic acids is 2. The highest BCUT2D eigenvalue weighted by atomic mass is 16.5. The number of ketones is 1. The van der Waals surface area contributed by atoms with E-state index in [1.807, 2.05) is 68.4 Å². The number of aryl methyl sites for hydroxylation is 2. The minimum atomic E-state index is -0.747. The SMILES string of the molecule is Cc1ccc(N2C(=O)C(=O)/C(=C(/O)c3cccc(OCC(C)C)c3)C2c2ccccc2)cc1C. The van der Waals surface area contributed by atoms with Gasteiger partial charge in [-0.3, -0.25) is 14.5 Å². The van der Waals surface area contributed by atoms with Gasteiger partial charge in [-0.2, -0.15) is 0 Å². The number of hydrogen-bond donors (Lipinski definition) is 1. The van der Waals surface area contributed by atoms with Crippen LogP contribution in [0.5, 0.6) is 5.75 Å². The quantitative estimate of drug-likeness (QED) is 0.283. The van der Waals surface area contributed by atoms with Gasteiger partial charge in [0.05, 0.1) is 18.2 Å². The lowest BCUT2D eigenvalue weighted by molar-refractivity contribution is -0.132. The number of benzene rings is 3. The van der Waals surface area contributed by atoms with E-state index in [1.54, 1.807) is 18.2 Å². The number of hydrogen-bond acceptors (Lipinski definition) is 4. The molecule has 34 heavy (non-hydrogen) atoms. The second-order valence-corrected chi connectivity index (χ2v) is 9.08. The molecule has 1 amide bonds. The molecule has 1 saturated heterocycles. The van der Waals surface area contributed by atoms with Crippen LogP contribution < -0.4 is 9.64 Å². The number of nitrogens with zero attached hydrogens (tertiary/aromatic N) is 1. The maximum absolute atomic E-state index is 13.3. The first-order valence-corrected chi connectivity index (χ1v) is 11.4. The Balaban J connectivity index is 1.86. The lowest BCUT2D eigenvalue weighted by Crippen LogP contribution is -2.29. The van der Waals surface area contributed by atoms with Gasteiger partial charge in [-0.15, -0.1) is 0 Å². The molecule has 0 bridgehead atoms. The first-order chi connectivity index (χ1) is 16.3. The first-order valence-electron chi connectivity index (χ1n) is 11.4.